The molecule has 2 nitrogen and oxygen atoms in total. The first-order valence-corrected chi connectivity index (χ1v) is 4.24. The van der Waals surface area contributed by atoms with Crippen molar-refractivity contribution >= 4 is 0 Å². The van der Waals surface area contributed by atoms with E-state index in [2.05, 4.69) is 6.92 Å². The molecule has 0 aromatic carbocycles. The van der Waals surface area contributed by atoms with E-state index in [9.17, 15) is 0 Å². The lowest BCUT2D eigenvalue weighted by molar-refractivity contribution is 0.360. The van der Waals surface area contributed by atoms with Crippen molar-refractivity contribution in [1.29, 1.82) is 0 Å². The third-order valence-electron chi connectivity index (χ3n) is 3.17. The van der Waals surface area contributed by atoms with Gasteiger partial charge in [-0.2, -0.15) is 0 Å². The van der Waals surface area contributed by atoms with Gasteiger partial charge in [0.1, 0.15) is 0 Å². The van der Waals surface area contributed by atoms with Crippen molar-refractivity contribution in [1.82, 2.24) is 0 Å². The van der Waals surface area contributed by atoms with Gasteiger partial charge in [-0.1, -0.05) is 17.7 Å². The smallest absolute Gasteiger partial charge is 0.0559 e. The van der Waals surface area contributed by atoms with E-state index < -0.39 is 11.1 Å². The Hall–Kier alpha value is -0.600. The summed E-state index contributed by atoms with van der Waals surface area (Å²) in [5, 5.41) is 0. The summed E-state index contributed by atoms with van der Waals surface area (Å²) in [6, 6.07) is 0. The molecule has 0 radical (unpaired) electrons. The lowest BCUT2D eigenvalue weighted by Gasteiger charge is -2.43. The minimum absolute atomic E-state index is 0.425. The summed E-state index contributed by atoms with van der Waals surface area (Å²) >= 11 is 0. The number of nitrogens with two attached hydrogens (primary N) is 2. The van der Waals surface area contributed by atoms with Crippen LogP contribution in [0, 0.1) is 0 Å². The number of hydrogen-bond acceptors (Lipinski definition) is 2. The number of rotatable bonds is 0. The second-order valence-corrected chi connectivity index (χ2v) is 4.13. The quantitative estimate of drug-likeness (QED) is 0.570. The van der Waals surface area contributed by atoms with Gasteiger partial charge in [-0.25, -0.2) is 0 Å². The fraction of sp³-hybridized carbons (Fsp3) is 0.600. The predicted octanol–water partition coefficient (Wildman–Crippen LogP) is 1.33. The van der Waals surface area contributed by atoms with E-state index >= 15 is 0 Å². The molecule has 68 valence electrons. The average Bonchev–Trinajstić information content (AvgIpc) is 1.96. The van der Waals surface area contributed by atoms with Gasteiger partial charge in [-0.3, -0.25) is 0 Å². The van der Waals surface area contributed by atoms with E-state index in [1.165, 1.54) is 11.1 Å². The minimum Gasteiger partial charge on any atom is -0.320 e. The molecule has 1 rings (SSSR count). The summed E-state index contributed by atoms with van der Waals surface area (Å²) in [5.41, 5.74) is 13.8. The van der Waals surface area contributed by atoms with Crippen LogP contribution in [0.1, 0.15) is 27.7 Å². The second-order valence-electron chi connectivity index (χ2n) is 4.13. The van der Waals surface area contributed by atoms with E-state index in [4.69, 9.17) is 11.5 Å². The van der Waals surface area contributed by atoms with Crippen molar-refractivity contribution in [3.8, 4) is 0 Å². The third kappa shape index (κ3) is 1.11. The van der Waals surface area contributed by atoms with Crippen LogP contribution in [-0.4, -0.2) is 11.1 Å². The van der Waals surface area contributed by atoms with Crippen LogP contribution in [0.3, 0.4) is 0 Å². The highest BCUT2D eigenvalue weighted by atomic mass is 14.9. The van der Waals surface area contributed by atoms with E-state index in [0.717, 1.165) is 0 Å². The summed E-state index contributed by atoms with van der Waals surface area (Å²) in [6.45, 7) is 8.05. The Morgan fingerprint density at radius 2 is 1.67 bits per heavy atom. The van der Waals surface area contributed by atoms with Gasteiger partial charge in [-0.05, 0) is 33.3 Å². The zero-order chi connectivity index (χ0) is 9.57. The van der Waals surface area contributed by atoms with Crippen LogP contribution in [0.2, 0.25) is 0 Å². The van der Waals surface area contributed by atoms with Gasteiger partial charge < -0.3 is 11.5 Å². The second kappa shape index (κ2) is 2.44. The molecule has 0 aromatic heterocycles. The predicted molar refractivity (Wildman–Crippen MR) is 52.7 cm³/mol. The summed E-state index contributed by atoms with van der Waals surface area (Å²) in [5.74, 6) is 0. The van der Waals surface area contributed by atoms with Crippen molar-refractivity contribution in [3.63, 3.8) is 0 Å². The molecular weight excluding hydrogens is 148 g/mol. The summed E-state index contributed by atoms with van der Waals surface area (Å²) < 4.78 is 0. The molecule has 0 aliphatic heterocycles. The Morgan fingerprint density at radius 3 is 2.08 bits per heavy atom. The summed E-state index contributed by atoms with van der Waals surface area (Å²) in [6.07, 6.45) is 4.03. The van der Waals surface area contributed by atoms with Crippen molar-refractivity contribution in [2.24, 2.45) is 11.5 Å². The van der Waals surface area contributed by atoms with Crippen molar-refractivity contribution in [2.75, 3.05) is 0 Å². The highest BCUT2D eigenvalue weighted by Crippen LogP contribution is 2.32. The lowest BCUT2D eigenvalue weighted by Crippen LogP contribution is -2.63. The molecule has 2 atom stereocenters. The molecule has 0 fully saturated rings. The molecule has 0 saturated heterocycles. The summed E-state index contributed by atoms with van der Waals surface area (Å²) in [4.78, 5) is 0. The summed E-state index contributed by atoms with van der Waals surface area (Å²) in [7, 11) is 0. The highest BCUT2D eigenvalue weighted by Gasteiger charge is 2.40. The largest absolute Gasteiger partial charge is 0.320 e. The maximum atomic E-state index is 6.16. The number of allylic oxidation sites excluding steroid dienone is 2. The molecule has 12 heavy (non-hydrogen) atoms. The molecule has 0 heterocycles. The van der Waals surface area contributed by atoms with Crippen LogP contribution in [0.5, 0.6) is 0 Å². The Kier molecular flexibility index (Phi) is 1.93. The van der Waals surface area contributed by atoms with Crippen LogP contribution >= 0.6 is 0 Å². The standard InChI is InChI=1S/C10H18N2/c1-7-5-6-9(3,11)10(4,12)8(7)2/h5-6H,11-12H2,1-4H3. The van der Waals surface area contributed by atoms with Crippen LogP contribution in [0.4, 0.5) is 0 Å². The molecule has 2 unspecified atom stereocenters. The maximum Gasteiger partial charge on any atom is 0.0559 e. The van der Waals surface area contributed by atoms with Gasteiger partial charge in [-0.15, -0.1) is 0 Å². The molecule has 4 N–H and O–H groups in total. The SMILES string of the molecule is CC1=C(C)C(C)(N)C(C)(N)C=C1. The van der Waals surface area contributed by atoms with Crippen LogP contribution in [-0.2, 0) is 0 Å². The van der Waals surface area contributed by atoms with E-state index in [1.54, 1.807) is 0 Å². The van der Waals surface area contributed by atoms with Crippen molar-refractivity contribution in [2.45, 2.75) is 38.8 Å². The highest BCUT2D eigenvalue weighted by molar-refractivity contribution is 5.42. The van der Waals surface area contributed by atoms with Crippen LogP contribution in [0.15, 0.2) is 23.3 Å². The van der Waals surface area contributed by atoms with Gasteiger partial charge in [0, 0.05) is 0 Å². The lowest BCUT2D eigenvalue weighted by atomic mass is 9.71. The fourth-order valence-electron chi connectivity index (χ4n) is 1.41. The first kappa shape index (κ1) is 9.49. The third-order valence-corrected chi connectivity index (χ3v) is 3.17. The van der Waals surface area contributed by atoms with Gasteiger partial charge in [0.15, 0.2) is 0 Å². The first-order chi connectivity index (χ1) is 5.29. The van der Waals surface area contributed by atoms with Gasteiger partial charge in [0.05, 0.1) is 11.1 Å². The first-order valence-electron chi connectivity index (χ1n) is 4.24. The molecular formula is C10H18N2. The molecule has 0 amide bonds. The van der Waals surface area contributed by atoms with Gasteiger partial charge in [0.2, 0.25) is 0 Å². The molecule has 0 bridgehead atoms. The zero-order valence-electron chi connectivity index (χ0n) is 8.31. The van der Waals surface area contributed by atoms with E-state index in [0.29, 0.717) is 0 Å². The molecule has 1 aliphatic carbocycles. The zero-order valence-corrected chi connectivity index (χ0v) is 8.31. The topological polar surface area (TPSA) is 52.0 Å². The van der Waals surface area contributed by atoms with E-state index in [-0.39, 0.29) is 0 Å². The number of hydrogen-bond donors (Lipinski definition) is 2. The van der Waals surface area contributed by atoms with Crippen molar-refractivity contribution in [3.05, 3.63) is 23.3 Å². The Bertz CT molecular complexity index is 257. The average molecular weight is 166 g/mol. The Labute approximate surface area is 74.3 Å². The van der Waals surface area contributed by atoms with E-state index in [1.807, 2.05) is 32.9 Å². The van der Waals surface area contributed by atoms with Gasteiger partial charge >= 0.3 is 0 Å². The van der Waals surface area contributed by atoms with Crippen molar-refractivity contribution < 1.29 is 0 Å². The Morgan fingerprint density at radius 1 is 1.17 bits per heavy atom. The minimum atomic E-state index is -0.434. The fourth-order valence-corrected chi connectivity index (χ4v) is 1.41. The van der Waals surface area contributed by atoms with Crippen LogP contribution < -0.4 is 11.5 Å². The van der Waals surface area contributed by atoms with Gasteiger partial charge in [0.25, 0.3) is 0 Å². The molecule has 0 aromatic rings. The monoisotopic (exact) mass is 166 g/mol. The Balaban J connectivity index is 3.21. The molecule has 1 aliphatic rings. The molecule has 0 spiro atoms. The normalized spacial score (nSPS) is 42.2. The van der Waals surface area contributed by atoms with Crippen LogP contribution in [0.25, 0.3) is 0 Å². The maximum absolute atomic E-state index is 6.16. The molecule has 2 heteroatoms. The molecule has 0 saturated carbocycles.